The summed E-state index contributed by atoms with van der Waals surface area (Å²) >= 11 is 1.45. The third kappa shape index (κ3) is 8.55. The third-order valence-corrected chi connectivity index (χ3v) is 2.66. The van der Waals surface area contributed by atoms with Gasteiger partial charge in [0.25, 0.3) is 0 Å². The van der Waals surface area contributed by atoms with Crippen LogP contribution in [0.1, 0.15) is 20.8 Å². The van der Waals surface area contributed by atoms with Crippen molar-refractivity contribution in [3.05, 3.63) is 0 Å². The highest BCUT2D eigenvalue weighted by Gasteiger charge is 2.17. The second-order valence-corrected chi connectivity index (χ2v) is 4.74. The SMILES string of the molecule is CC(=O)N[C@@H](CSCCOC(C)C)C(=O)O. The monoisotopic (exact) mass is 249 g/mol. The lowest BCUT2D eigenvalue weighted by Crippen LogP contribution is -2.41. The van der Waals surface area contributed by atoms with E-state index >= 15 is 0 Å². The lowest BCUT2D eigenvalue weighted by Gasteiger charge is -2.13. The summed E-state index contributed by atoms with van der Waals surface area (Å²) in [5.41, 5.74) is 0. The molecule has 2 N–H and O–H groups in total. The van der Waals surface area contributed by atoms with Crippen LogP contribution in [0.5, 0.6) is 0 Å². The molecular weight excluding hydrogens is 230 g/mol. The van der Waals surface area contributed by atoms with E-state index in [-0.39, 0.29) is 12.0 Å². The quantitative estimate of drug-likeness (QED) is 0.620. The molecule has 1 amide bonds. The molecule has 0 aromatic rings. The Kier molecular flexibility index (Phi) is 8.01. The molecule has 1 atom stereocenters. The van der Waals surface area contributed by atoms with Crippen molar-refractivity contribution in [3.63, 3.8) is 0 Å². The summed E-state index contributed by atoms with van der Waals surface area (Å²) in [6.45, 7) is 5.79. The molecule has 0 aliphatic rings. The molecule has 0 aromatic heterocycles. The van der Waals surface area contributed by atoms with E-state index < -0.39 is 12.0 Å². The van der Waals surface area contributed by atoms with Gasteiger partial charge >= 0.3 is 5.97 Å². The first-order chi connectivity index (χ1) is 7.43. The Morgan fingerprint density at radius 2 is 2.06 bits per heavy atom. The van der Waals surface area contributed by atoms with Gasteiger partial charge in [-0.05, 0) is 13.8 Å². The number of carbonyl (C=O) groups is 2. The van der Waals surface area contributed by atoms with E-state index in [9.17, 15) is 9.59 Å². The van der Waals surface area contributed by atoms with Crippen LogP contribution in [0.4, 0.5) is 0 Å². The van der Waals surface area contributed by atoms with E-state index in [1.165, 1.54) is 18.7 Å². The van der Waals surface area contributed by atoms with Crippen LogP contribution in [0, 0.1) is 0 Å². The maximum absolute atomic E-state index is 10.7. The van der Waals surface area contributed by atoms with E-state index in [0.717, 1.165) is 5.75 Å². The van der Waals surface area contributed by atoms with E-state index in [1.54, 1.807) is 0 Å². The second-order valence-electron chi connectivity index (χ2n) is 3.59. The van der Waals surface area contributed by atoms with Crippen LogP contribution < -0.4 is 5.32 Å². The Morgan fingerprint density at radius 1 is 1.44 bits per heavy atom. The van der Waals surface area contributed by atoms with Crippen LogP contribution in [0.2, 0.25) is 0 Å². The summed E-state index contributed by atoms with van der Waals surface area (Å²) in [5, 5.41) is 11.2. The van der Waals surface area contributed by atoms with Gasteiger partial charge in [-0.2, -0.15) is 11.8 Å². The highest BCUT2D eigenvalue weighted by atomic mass is 32.2. The van der Waals surface area contributed by atoms with Crippen molar-refractivity contribution in [1.82, 2.24) is 5.32 Å². The maximum atomic E-state index is 10.7. The molecule has 0 aromatic carbocycles. The zero-order valence-electron chi connectivity index (χ0n) is 9.86. The first-order valence-corrected chi connectivity index (χ1v) is 6.28. The van der Waals surface area contributed by atoms with Gasteiger partial charge < -0.3 is 15.2 Å². The molecule has 0 saturated heterocycles. The topological polar surface area (TPSA) is 75.6 Å². The third-order valence-electron chi connectivity index (χ3n) is 1.64. The Bertz CT molecular complexity index is 233. The molecule has 6 heteroatoms. The number of nitrogens with one attached hydrogen (secondary N) is 1. The molecular formula is C10H19NO4S. The zero-order chi connectivity index (χ0) is 12.6. The van der Waals surface area contributed by atoms with Gasteiger partial charge in [0, 0.05) is 18.4 Å². The summed E-state index contributed by atoms with van der Waals surface area (Å²) < 4.78 is 5.31. The fraction of sp³-hybridized carbons (Fsp3) is 0.800. The Labute approximate surface area is 99.9 Å². The summed E-state index contributed by atoms with van der Waals surface area (Å²) in [5.74, 6) is -0.253. The van der Waals surface area contributed by atoms with Crippen molar-refractivity contribution in [3.8, 4) is 0 Å². The number of hydrogen-bond acceptors (Lipinski definition) is 4. The summed E-state index contributed by atoms with van der Waals surface area (Å²) in [6, 6.07) is -0.818. The fourth-order valence-electron chi connectivity index (χ4n) is 0.964. The number of rotatable bonds is 8. The Morgan fingerprint density at radius 3 is 2.50 bits per heavy atom. The van der Waals surface area contributed by atoms with Crippen molar-refractivity contribution in [2.24, 2.45) is 0 Å². The van der Waals surface area contributed by atoms with Crippen LogP contribution in [0.25, 0.3) is 0 Å². The average molecular weight is 249 g/mol. The predicted octanol–water partition coefficient (Wildman–Crippen LogP) is 0.734. The summed E-state index contributed by atoms with van der Waals surface area (Å²) in [7, 11) is 0. The molecule has 0 aliphatic heterocycles. The number of amides is 1. The molecule has 0 bridgehead atoms. The molecule has 0 spiro atoms. The minimum atomic E-state index is -1.01. The van der Waals surface area contributed by atoms with Crippen molar-refractivity contribution in [2.45, 2.75) is 32.9 Å². The van der Waals surface area contributed by atoms with Gasteiger partial charge in [-0.15, -0.1) is 0 Å². The van der Waals surface area contributed by atoms with Crippen molar-refractivity contribution < 1.29 is 19.4 Å². The van der Waals surface area contributed by atoms with Gasteiger partial charge in [-0.25, -0.2) is 4.79 Å². The molecule has 94 valence electrons. The van der Waals surface area contributed by atoms with E-state index in [1.807, 2.05) is 13.8 Å². The van der Waals surface area contributed by atoms with Gasteiger partial charge in [0.15, 0.2) is 0 Å². The van der Waals surface area contributed by atoms with Gasteiger partial charge in [0.1, 0.15) is 6.04 Å². The summed E-state index contributed by atoms with van der Waals surface area (Å²) in [4.78, 5) is 21.5. The number of thioether (sulfide) groups is 1. The molecule has 0 aliphatic carbocycles. The zero-order valence-corrected chi connectivity index (χ0v) is 10.7. The predicted molar refractivity (Wildman–Crippen MR) is 63.7 cm³/mol. The molecule has 5 nitrogen and oxygen atoms in total. The standard InChI is InChI=1S/C10H19NO4S/c1-7(2)15-4-5-16-6-9(10(13)14)11-8(3)12/h7,9H,4-6H2,1-3H3,(H,11,12)(H,13,14)/t9-/m0/s1. The highest BCUT2D eigenvalue weighted by molar-refractivity contribution is 7.99. The molecule has 0 saturated carbocycles. The first-order valence-electron chi connectivity index (χ1n) is 5.12. The molecule has 0 heterocycles. The maximum Gasteiger partial charge on any atom is 0.327 e. The number of carbonyl (C=O) groups excluding carboxylic acids is 1. The minimum Gasteiger partial charge on any atom is -0.480 e. The van der Waals surface area contributed by atoms with Crippen molar-refractivity contribution in [2.75, 3.05) is 18.1 Å². The van der Waals surface area contributed by atoms with Gasteiger partial charge in [-0.1, -0.05) is 0 Å². The molecule has 0 unspecified atom stereocenters. The largest absolute Gasteiger partial charge is 0.480 e. The van der Waals surface area contributed by atoms with Gasteiger partial charge in [0.05, 0.1) is 12.7 Å². The van der Waals surface area contributed by atoms with Crippen molar-refractivity contribution in [1.29, 1.82) is 0 Å². The van der Waals surface area contributed by atoms with E-state index in [0.29, 0.717) is 12.4 Å². The second kappa shape index (κ2) is 8.41. The number of carboxylic acids is 1. The lowest BCUT2D eigenvalue weighted by molar-refractivity contribution is -0.140. The average Bonchev–Trinajstić information content (AvgIpc) is 2.14. The smallest absolute Gasteiger partial charge is 0.327 e. The number of carboxylic acid groups (broad SMARTS) is 1. The number of hydrogen-bond donors (Lipinski definition) is 2. The van der Waals surface area contributed by atoms with Crippen LogP contribution >= 0.6 is 11.8 Å². The first kappa shape index (κ1) is 15.2. The molecule has 16 heavy (non-hydrogen) atoms. The fourth-order valence-corrected chi connectivity index (χ4v) is 1.81. The number of ether oxygens (including phenoxy) is 1. The van der Waals surface area contributed by atoms with Gasteiger partial charge in [-0.3, -0.25) is 4.79 Å². The van der Waals surface area contributed by atoms with Crippen LogP contribution in [-0.2, 0) is 14.3 Å². The van der Waals surface area contributed by atoms with Crippen LogP contribution in [0.15, 0.2) is 0 Å². The van der Waals surface area contributed by atoms with E-state index in [2.05, 4.69) is 5.32 Å². The molecule has 0 fully saturated rings. The normalized spacial score (nSPS) is 12.5. The lowest BCUT2D eigenvalue weighted by atomic mass is 10.3. The van der Waals surface area contributed by atoms with Gasteiger partial charge in [0.2, 0.25) is 5.91 Å². The minimum absolute atomic E-state index is 0.186. The Balaban J connectivity index is 3.69. The van der Waals surface area contributed by atoms with E-state index in [4.69, 9.17) is 9.84 Å². The number of aliphatic carboxylic acids is 1. The highest BCUT2D eigenvalue weighted by Crippen LogP contribution is 2.04. The van der Waals surface area contributed by atoms with Crippen LogP contribution in [0.3, 0.4) is 0 Å². The Hall–Kier alpha value is -0.750. The van der Waals surface area contributed by atoms with Crippen molar-refractivity contribution >= 4 is 23.6 Å². The van der Waals surface area contributed by atoms with Crippen LogP contribution in [-0.4, -0.2) is 47.2 Å². The molecule has 0 radical (unpaired) electrons. The summed E-state index contributed by atoms with van der Waals surface area (Å²) in [6.07, 6.45) is 0.186. The molecule has 0 rings (SSSR count).